The highest BCUT2D eigenvalue weighted by Gasteiger charge is 2.23. The lowest BCUT2D eigenvalue weighted by Crippen LogP contribution is -2.33. The van der Waals surface area contributed by atoms with E-state index in [1.165, 1.54) is 19.3 Å². The molecule has 0 unspecified atom stereocenters. The van der Waals surface area contributed by atoms with Gasteiger partial charge in [0, 0.05) is 25.2 Å². The quantitative estimate of drug-likeness (QED) is 0.798. The topological polar surface area (TPSA) is 46.3 Å². The van der Waals surface area contributed by atoms with E-state index in [4.69, 9.17) is 5.73 Å². The summed E-state index contributed by atoms with van der Waals surface area (Å²) in [5, 5.41) is 0. The first-order chi connectivity index (χ1) is 9.19. The summed E-state index contributed by atoms with van der Waals surface area (Å²) in [4.78, 5) is 14.3. The van der Waals surface area contributed by atoms with Crippen molar-refractivity contribution in [3.05, 3.63) is 29.8 Å². The van der Waals surface area contributed by atoms with Crippen LogP contribution in [0.3, 0.4) is 0 Å². The Labute approximate surface area is 115 Å². The summed E-state index contributed by atoms with van der Waals surface area (Å²) in [7, 11) is 0. The van der Waals surface area contributed by atoms with Gasteiger partial charge in [0.2, 0.25) is 5.91 Å². The van der Waals surface area contributed by atoms with E-state index < -0.39 is 0 Å². The number of amides is 1. The average Bonchev–Trinajstić information content (AvgIpc) is 2.35. The van der Waals surface area contributed by atoms with Gasteiger partial charge in [-0.25, -0.2) is 0 Å². The second-order valence-corrected chi connectivity index (χ2v) is 5.56. The Balaban J connectivity index is 1.94. The van der Waals surface area contributed by atoms with Gasteiger partial charge in [-0.2, -0.15) is 0 Å². The van der Waals surface area contributed by atoms with Gasteiger partial charge in [0.1, 0.15) is 0 Å². The second kappa shape index (κ2) is 6.60. The number of nitrogens with two attached hydrogens (primary N) is 1. The molecule has 0 bridgehead atoms. The normalized spacial score (nSPS) is 15.0. The summed E-state index contributed by atoms with van der Waals surface area (Å²) in [6, 6.07) is 7.81. The van der Waals surface area contributed by atoms with Gasteiger partial charge in [-0.05, 0) is 42.9 Å². The van der Waals surface area contributed by atoms with Crippen molar-refractivity contribution >= 4 is 11.6 Å². The Bertz CT molecular complexity index is 409. The van der Waals surface area contributed by atoms with Gasteiger partial charge in [-0.15, -0.1) is 0 Å². The van der Waals surface area contributed by atoms with Crippen molar-refractivity contribution in [3.8, 4) is 0 Å². The molecule has 1 aliphatic carbocycles. The smallest absolute Gasteiger partial charge is 0.223 e. The maximum atomic E-state index is 12.3. The molecule has 2 N–H and O–H groups in total. The van der Waals surface area contributed by atoms with Gasteiger partial charge >= 0.3 is 0 Å². The van der Waals surface area contributed by atoms with Crippen molar-refractivity contribution < 1.29 is 4.79 Å². The molecule has 1 saturated carbocycles. The summed E-state index contributed by atoms with van der Waals surface area (Å²) in [6.07, 6.45) is 5.49. The molecule has 0 spiro atoms. The van der Waals surface area contributed by atoms with Gasteiger partial charge < -0.3 is 10.6 Å². The number of hydrogen-bond acceptors (Lipinski definition) is 2. The van der Waals surface area contributed by atoms with Crippen LogP contribution in [0.4, 0.5) is 5.69 Å². The van der Waals surface area contributed by atoms with E-state index in [9.17, 15) is 4.79 Å². The molecule has 2 rings (SSSR count). The number of hydrogen-bond donors (Lipinski definition) is 1. The fourth-order valence-corrected chi connectivity index (χ4v) is 2.48. The summed E-state index contributed by atoms with van der Waals surface area (Å²) in [5.41, 5.74) is 7.61. The van der Waals surface area contributed by atoms with Crippen LogP contribution in [0.1, 0.15) is 44.6 Å². The van der Waals surface area contributed by atoms with Crippen LogP contribution in [-0.4, -0.2) is 17.4 Å². The van der Waals surface area contributed by atoms with Crippen LogP contribution in [0.5, 0.6) is 0 Å². The molecular formula is C16H24N2O. The highest BCUT2D eigenvalue weighted by molar-refractivity contribution is 5.76. The molecule has 0 aromatic heterocycles. The highest BCUT2D eigenvalue weighted by Crippen LogP contribution is 2.30. The van der Waals surface area contributed by atoms with Crippen LogP contribution in [0.15, 0.2) is 24.3 Å². The lowest BCUT2D eigenvalue weighted by Gasteiger charge is -2.29. The van der Waals surface area contributed by atoms with Crippen molar-refractivity contribution in [2.75, 3.05) is 12.3 Å². The molecule has 0 radical (unpaired) electrons. The minimum absolute atomic E-state index is 0.309. The van der Waals surface area contributed by atoms with Gasteiger partial charge in [0.25, 0.3) is 0 Å². The maximum Gasteiger partial charge on any atom is 0.223 e. The molecule has 0 aliphatic heterocycles. The SMILES string of the molecule is CCCN(Cc1ccc(N)cc1)C(=O)CC1CCC1. The fourth-order valence-electron chi connectivity index (χ4n) is 2.48. The summed E-state index contributed by atoms with van der Waals surface area (Å²) < 4.78 is 0. The molecule has 3 nitrogen and oxygen atoms in total. The molecule has 1 aliphatic rings. The van der Waals surface area contributed by atoms with Gasteiger partial charge in [-0.3, -0.25) is 4.79 Å². The van der Waals surface area contributed by atoms with E-state index in [1.807, 2.05) is 29.2 Å². The molecule has 1 amide bonds. The lowest BCUT2D eigenvalue weighted by atomic mass is 9.82. The van der Waals surface area contributed by atoms with E-state index >= 15 is 0 Å². The molecule has 1 fully saturated rings. The summed E-state index contributed by atoms with van der Waals surface area (Å²) in [6.45, 7) is 3.67. The first-order valence-corrected chi connectivity index (χ1v) is 7.31. The molecule has 3 heteroatoms. The molecule has 0 heterocycles. The van der Waals surface area contributed by atoms with Crippen molar-refractivity contribution in [2.45, 2.75) is 45.6 Å². The molecule has 1 aromatic carbocycles. The van der Waals surface area contributed by atoms with Crippen LogP contribution in [0.25, 0.3) is 0 Å². The molecule has 19 heavy (non-hydrogen) atoms. The van der Waals surface area contributed by atoms with Crippen LogP contribution in [0, 0.1) is 5.92 Å². The largest absolute Gasteiger partial charge is 0.399 e. The predicted octanol–water partition coefficient (Wildman–Crippen LogP) is 3.20. The third-order valence-electron chi connectivity index (χ3n) is 3.89. The molecular weight excluding hydrogens is 236 g/mol. The Kier molecular flexibility index (Phi) is 4.83. The Morgan fingerprint density at radius 3 is 2.53 bits per heavy atom. The number of benzene rings is 1. The number of rotatable bonds is 6. The number of nitrogen functional groups attached to an aromatic ring is 1. The van der Waals surface area contributed by atoms with Crippen molar-refractivity contribution in [1.82, 2.24) is 4.90 Å². The first kappa shape index (κ1) is 13.9. The zero-order chi connectivity index (χ0) is 13.7. The number of nitrogens with zero attached hydrogens (tertiary/aromatic N) is 1. The molecule has 104 valence electrons. The predicted molar refractivity (Wildman–Crippen MR) is 78.5 cm³/mol. The fraction of sp³-hybridized carbons (Fsp3) is 0.562. The van der Waals surface area contributed by atoms with Gasteiger partial charge in [0.15, 0.2) is 0 Å². The Morgan fingerprint density at radius 1 is 1.32 bits per heavy atom. The molecule has 0 atom stereocenters. The van der Waals surface area contributed by atoms with E-state index in [1.54, 1.807) is 0 Å². The first-order valence-electron chi connectivity index (χ1n) is 7.31. The zero-order valence-corrected chi connectivity index (χ0v) is 11.8. The van der Waals surface area contributed by atoms with Crippen LogP contribution in [-0.2, 0) is 11.3 Å². The van der Waals surface area contributed by atoms with Crippen molar-refractivity contribution in [3.63, 3.8) is 0 Å². The van der Waals surface area contributed by atoms with Gasteiger partial charge in [-0.1, -0.05) is 25.5 Å². The Morgan fingerprint density at radius 2 is 2.00 bits per heavy atom. The Hall–Kier alpha value is -1.51. The van der Waals surface area contributed by atoms with Crippen molar-refractivity contribution in [2.24, 2.45) is 5.92 Å². The summed E-state index contributed by atoms with van der Waals surface area (Å²) in [5.74, 6) is 0.946. The van der Waals surface area contributed by atoms with Crippen LogP contribution >= 0.6 is 0 Å². The van der Waals surface area contributed by atoms with E-state index in [0.29, 0.717) is 18.4 Å². The van der Waals surface area contributed by atoms with Gasteiger partial charge in [0.05, 0.1) is 0 Å². The molecule has 0 saturated heterocycles. The zero-order valence-electron chi connectivity index (χ0n) is 11.8. The average molecular weight is 260 g/mol. The maximum absolute atomic E-state index is 12.3. The minimum atomic E-state index is 0.309. The third kappa shape index (κ3) is 3.98. The van der Waals surface area contributed by atoms with E-state index in [-0.39, 0.29) is 0 Å². The van der Waals surface area contributed by atoms with E-state index in [2.05, 4.69) is 6.92 Å². The standard InChI is InChI=1S/C16H24N2O/c1-2-10-18(16(19)11-13-4-3-5-13)12-14-6-8-15(17)9-7-14/h6-9,13H,2-5,10-12,17H2,1H3. The molecule has 1 aromatic rings. The number of carbonyl (C=O) groups excluding carboxylic acids is 1. The van der Waals surface area contributed by atoms with Crippen LogP contribution < -0.4 is 5.73 Å². The number of anilines is 1. The minimum Gasteiger partial charge on any atom is -0.399 e. The third-order valence-corrected chi connectivity index (χ3v) is 3.89. The summed E-state index contributed by atoms with van der Waals surface area (Å²) >= 11 is 0. The van der Waals surface area contributed by atoms with Crippen molar-refractivity contribution in [1.29, 1.82) is 0 Å². The monoisotopic (exact) mass is 260 g/mol. The number of carbonyl (C=O) groups is 1. The van der Waals surface area contributed by atoms with Crippen LogP contribution in [0.2, 0.25) is 0 Å². The highest BCUT2D eigenvalue weighted by atomic mass is 16.2. The second-order valence-electron chi connectivity index (χ2n) is 5.56. The van der Waals surface area contributed by atoms with E-state index in [0.717, 1.165) is 30.6 Å². The lowest BCUT2D eigenvalue weighted by molar-refractivity contribution is -0.133.